The Morgan fingerprint density at radius 1 is 0.933 bits per heavy atom. The summed E-state index contributed by atoms with van der Waals surface area (Å²) in [6.07, 6.45) is 0.913. The second-order valence-electron chi connectivity index (χ2n) is 8.47. The van der Waals surface area contributed by atoms with E-state index in [-0.39, 0.29) is 22.8 Å². The van der Waals surface area contributed by atoms with Gasteiger partial charge in [0, 0.05) is 13.0 Å². The van der Waals surface area contributed by atoms with Crippen molar-refractivity contribution in [3.63, 3.8) is 0 Å². The first-order valence-electron chi connectivity index (χ1n) is 10.5. The highest BCUT2D eigenvalue weighted by molar-refractivity contribution is 7.89. The van der Waals surface area contributed by atoms with Crippen LogP contribution >= 0.6 is 0 Å². The van der Waals surface area contributed by atoms with Crippen LogP contribution < -0.4 is 10.0 Å². The van der Waals surface area contributed by atoms with Crippen LogP contribution in [-0.2, 0) is 21.2 Å². The number of sulfonamides is 1. The average molecular weight is 431 g/mol. The van der Waals surface area contributed by atoms with E-state index in [0.29, 0.717) is 19.4 Å². The van der Waals surface area contributed by atoms with Gasteiger partial charge in [-0.2, -0.15) is 0 Å². The molecule has 5 nitrogen and oxygen atoms in total. The Morgan fingerprint density at radius 3 is 2.13 bits per heavy atom. The third-order valence-electron chi connectivity index (χ3n) is 5.28. The van der Waals surface area contributed by atoms with Gasteiger partial charge in [0.1, 0.15) is 0 Å². The maximum atomic E-state index is 12.4. The van der Waals surface area contributed by atoms with E-state index in [4.69, 9.17) is 0 Å². The third-order valence-corrected chi connectivity index (χ3v) is 6.72. The van der Waals surface area contributed by atoms with Crippen molar-refractivity contribution < 1.29 is 13.2 Å². The van der Waals surface area contributed by atoms with Crippen LogP contribution in [0.4, 0.5) is 0 Å². The standard InChI is InChI=1S/C24H34N2O3S/c1-16(2)15-25-30(28,29)22-10-7-21(8-11-22)9-12-24(27)26-20(6)23-14-18(4)17(3)13-19(23)5/h7-8,10-11,13-14,16,20,25H,9,12,15H2,1-6H3,(H,26,27). The van der Waals surface area contributed by atoms with Crippen molar-refractivity contribution in [1.82, 2.24) is 10.0 Å². The summed E-state index contributed by atoms with van der Waals surface area (Å²) in [6, 6.07) is 11.0. The lowest BCUT2D eigenvalue weighted by molar-refractivity contribution is -0.121. The van der Waals surface area contributed by atoms with Gasteiger partial charge in [0.15, 0.2) is 0 Å². The monoisotopic (exact) mass is 430 g/mol. The average Bonchev–Trinajstić information content (AvgIpc) is 2.68. The van der Waals surface area contributed by atoms with Crippen molar-refractivity contribution in [3.8, 4) is 0 Å². The summed E-state index contributed by atoms with van der Waals surface area (Å²) in [5.41, 5.74) is 5.71. The predicted molar refractivity (Wildman–Crippen MR) is 122 cm³/mol. The van der Waals surface area contributed by atoms with E-state index < -0.39 is 10.0 Å². The molecule has 0 spiro atoms. The second-order valence-corrected chi connectivity index (χ2v) is 10.2. The minimum Gasteiger partial charge on any atom is -0.350 e. The maximum absolute atomic E-state index is 12.4. The first kappa shape index (κ1) is 24.1. The van der Waals surface area contributed by atoms with Gasteiger partial charge in [-0.3, -0.25) is 4.79 Å². The lowest BCUT2D eigenvalue weighted by atomic mass is 9.96. The molecule has 164 valence electrons. The Hall–Kier alpha value is -2.18. The molecule has 1 atom stereocenters. The molecule has 0 aromatic heterocycles. The highest BCUT2D eigenvalue weighted by Gasteiger charge is 2.15. The van der Waals surface area contributed by atoms with Crippen LogP contribution in [0.3, 0.4) is 0 Å². The molecule has 0 bridgehead atoms. The molecule has 0 aliphatic carbocycles. The molecule has 0 fully saturated rings. The van der Waals surface area contributed by atoms with Crippen LogP contribution in [0.25, 0.3) is 0 Å². The first-order chi connectivity index (χ1) is 14.0. The van der Waals surface area contributed by atoms with Crippen molar-refractivity contribution in [1.29, 1.82) is 0 Å². The summed E-state index contributed by atoms with van der Waals surface area (Å²) in [5, 5.41) is 3.07. The molecule has 1 amide bonds. The number of aryl methyl sites for hydroxylation is 4. The Kier molecular flexibility index (Phi) is 8.21. The van der Waals surface area contributed by atoms with Crippen molar-refractivity contribution in [2.45, 2.75) is 65.3 Å². The molecule has 6 heteroatoms. The summed E-state index contributed by atoms with van der Waals surface area (Å²) < 4.78 is 27.1. The predicted octanol–water partition coefficient (Wildman–Crippen LogP) is 4.36. The number of rotatable bonds is 9. The number of hydrogen-bond acceptors (Lipinski definition) is 3. The summed E-state index contributed by atoms with van der Waals surface area (Å²) in [5.74, 6) is 0.225. The van der Waals surface area contributed by atoms with Crippen molar-refractivity contribution in [3.05, 3.63) is 64.2 Å². The first-order valence-corrected chi connectivity index (χ1v) is 11.9. The van der Waals surface area contributed by atoms with Gasteiger partial charge < -0.3 is 5.32 Å². The topological polar surface area (TPSA) is 75.3 Å². The van der Waals surface area contributed by atoms with E-state index in [1.807, 2.05) is 20.8 Å². The van der Waals surface area contributed by atoms with Gasteiger partial charge in [-0.25, -0.2) is 13.1 Å². The zero-order valence-electron chi connectivity index (χ0n) is 18.9. The van der Waals surface area contributed by atoms with E-state index in [1.165, 1.54) is 16.7 Å². The quantitative estimate of drug-likeness (QED) is 0.621. The van der Waals surface area contributed by atoms with Gasteiger partial charge in [0.2, 0.25) is 15.9 Å². The van der Waals surface area contributed by atoms with Crippen molar-refractivity contribution in [2.75, 3.05) is 6.54 Å². The zero-order chi connectivity index (χ0) is 22.5. The summed E-state index contributed by atoms with van der Waals surface area (Å²) in [4.78, 5) is 12.7. The lowest BCUT2D eigenvalue weighted by Gasteiger charge is -2.18. The molecule has 2 aromatic carbocycles. The molecule has 0 saturated heterocycles. The molecule has 0 heterocycles. The zero-order valence-corrected chi connectivity index (χ0v) is 19.7. The van der Waals surface area contributed by atoms with Gasteiger partial charge in [-0.15, -0.1) is 0 Å². The third kappa shape index (κ3) is 6.67. The molecule has 1 unspecified atom stereocenters. The molecular formula is C24H34N2O3S. The number of carbonyl (C=O) groups excluding carboxylic acids is 1. The molecule has 0 aliphatic rings. The minimum atomic E-state index is -3.49. The fourth-order valence-electron chi connectivity index (χ4n) is 3.29. The molecule has 2 N–H and O–H groups in total. The molecule has 2 aromatic rings. The Balaban J connectivity index is 1.93. The van der Waals surface area contributed by atoms with Gasteiger partial charge in [0.05, 0.1) is 10.9 Å². The number of nitrogens with one attached hydrogen (secondary N) is 2. The minimum absolute atomic E-state index is 0.0181. The fraction of sp³-hybridized carbons (Fsp3) is 0.458. The molecule has 0 radical (unpaired) electrons. The van der Waals surface area contributed by atoms with Crippen LogP contribution in [-0.4, -0.2) is 20.9 Å². The Labute approximate surface area is 181 Å². The highest BCUT2D eigenvalue weighted by atomic mass is 32.2. The lowest BCUT2D eigenvalue weighted by Crippen LogP contribution is -2.27. The fourth-order valence-corrected chi connectivity index (χ4v) is 4.51. The number of amides is 1. The highest BCUT2D eigenvalue weighted by Crippen LogP contribution is 2.22. The number of carbonyl (C=O) groups is 1. The van der Waals surface area contributed by atoms with E-state index in [0.717, 1.165) is 11.1 Å². The van der Waals surface area contributed by atoms with Gasteiger partial charge in [-0.1, -0.05) is 38.1 Å². The van der Waals surface area contributed by atoms with E-state index in [2.05, 4.69) is 42.9 Å². The van der Waals surface area contributed by atoms with E-state index in [9.17, 15) is 13.2 Å². The second kappa shape index (κ2) is 10.2. The molecular weight excluding hydrogens is 396 g/mol. The number of benzene rings is 2. The van der Waals surface area contributed by atoms with Crippen molar-refractivity contribution in [2.24, 2.45) is 5.92 Å². The largest absolute Gasteiger partial charge is 0.350 e. The van der Waals surface area contributed by atoms with Crippen LogP contribution in [0.5, 0.6) is 0 Å². The van der Waals surface area contributed by atoms with Crippen LogP contribution in [0.1, 0.15) is 61.1 Å². The number of hydrogen-bond donors (Lipinski definition) is 2. The van der Waals surface area contributed by atoms with Gasteiger partial charge in [-0.05, 0) is 80.0 Å². The molecule has 0 aliphatic heterocycles. The summed E-state index contributed by atoms with van der Waals surface area (Å²) in [6.45, 7) is 12.6. The van der Waals surface area contributed by atoms with Gasteiger partial charge >= 0.3 is 0 Å². The van der Waals surface area contributed by atoms with Crippen LogP contribution in [0, 0.1) is 26.7 Å². The SMILES string of the molecule is Cc1cc(C)c(C(C)NC(=O)CCc2ccc(S(=O)(=O)NCC(C)C)cc2)cc1C. The van der Waals surface area contributed by atoms with E-state index >= 15 is 0 Å². The van der Waals surface area contributed by atoms with Crippen molar-refractivity contribution >= 4 is 15.9 Å². The molecule has 2 rings (SSSR count). The molecule has 30 heavy (non-hydrogen) atoms. The summed E-state index contributed by atoms with van der Waals surface area (Å²) >= 11 is 0. The van der Waals surface area contributed by atoms with Crippen LogP contribution in [0.15, 0.2) is 41.3 Å². The van der Waals surface area contributed by atoms with E-state index in [1.54, 1.807) is 24.3 Å². The normalized spacial score (nSPS) is 12.8. The maximum Gasteiger partial charge on any atom is 0.240 e. The van der Waals surface area contributed by atoms with Gasteiger partial charge in [0.25, 0.3) is 0 Å². The summed E-state index contributed by atoms with van der Waals surface area (Å²) in [7, 11) is -3.49. The Morgan fingerprint density at radius 2 is 1.53 bits per heavy atom. The molecule has 0 saturated carbocycles. The smallest absolute Gasteiger partial charge is 0.240 e. The Bertz CT molecular complexity index is 980. The van der Waals surface area contributed by atoms with Crippen LogP contribution in [0.2, 0.25) is 0 Å².